The zero-order valence-electron chi connectivity index (χ0n) is 15.0. The van der Waals surface area contributed by atoms with E-state index < -0.39 is 0 Å². The molecular weight excluding hydrogens is 332 g/mol. The second-order valence-electron chi connectivity index (χ2n) is 7.26. The average Bonchev–Trinajstić information content (AvgIpc) is 3.36. The third-order valence-electron chi connectivity index (χ3n) is 5.63. The van der Waals surface area contributed by atoms with Crippen LogP contribution in [0.2, 0.25) is 0 Å². The van der Waals surface area contributed by atoms with Crippen LogP contribution >= 0.6 is 0 Å². The monoisotopic (exact) mass is 356 g/mol. The Morgan fingerprint density at radius 2 is 1.96 bits per heavy atom. The molecule has 1 atom stereocenters. The van der Waals surface area contributed by atoms with E-state index in [0.29, 0.717) is 24.2 Å². The zero-order valence-corrected chi connectivity index (χ0v) is 15.0. The molecule has 0 bridgehead atoms. The van der Waals surface area contributed by atoms with Gasteiger partial charge in [-0.05, 0) is 25.0 Å². The van der Waals surface area contributed by atoms with Crippen molar-refractivity contribution in [1.82, 2.24) is 15.1 Å². The molecule has 0 aliphatic carbocycles. The summed E-state index contributed by atoms with van der Waals surface area (Å²) in [6.07, 6.45) is 2.22. The van der Waals surface area contributed by atoms with Gasteiger partial charge in [0, 0.05) is 45.2 Å². The Balaban J connectivity index is 1.33. The first-order chi connectivity index (χ1) is 12.6. The molecule has 1 N–H and O–H groups in total. The standard InChI is InChI=1S/C19H24N4O3/c1-20-18(22-9-6-19(12-22)7-11-26-13-19)21-8-10-23-16(24)14-4-2-3-5-15(14)17(23)25/h2-5H,6-13H2,1H3,(H,20,21). The van der Waals surface area contributed by atoms with Crippen LogP contribution in [0.4, 0.5) is 0 Å². The summed E-state index contributed by atoms with van der Waals surface area (Å²) in [5.74, 6) is 0.390. The van der Waals surface area contributed by atoms with Gasteiger partial charge in [0.15, 0.2) is 5.96 Å². The zero-order chi connectivity index (χ0) is 18.1. The Morgan fingerprint density at radius 3 is 2.58 bits per heavy atom. The van der Waals surface area contributed by atoms with Gasteiger partial charge in [0.2, 0.25) is 0 Å². The van der Waals surface area contributed by atoms with Gasteiger partial charge in [-0.2, -0.15) is 0 Å². The highest BCUT2D eigenvalue weighted by Gasteiger charge is 2.42. The maximum absolute atomic E-state index is 12.4. The second-order valence-corrected chi connectivity index (χ2v) is 7.26. The van der Waals surface area contributed by atoms with Crippen molar-refractivity contribution in [2.75, 3.05) is 46.4 Å². The number of amides is 2. The van der Waals surface area contributed by atoms with Crippen molar-refractivity contribution < 1.29 is 14.3 Å². The predicted octanol–water partition coefficient (Wildman–Crippen LogP) is 0.970. The molecule has 7 nitrogen and oxygen atoms in total. The van der Waals surface area contributed by atoms with E-state index in [2.05, 4.69) is 15.2 Å². The Hall–Kier alpha value is -2.41. The van der Waals surface area contributed by atoms with Crippen molar-refractivity contribution in [1.29, 1.82) is 0 Å². The third-order valence-corrected chi connectivity index (χ3v) is 5.63. The molecule has 2 fully saturated rings. The number of benzene rings is 1. The molecule has 1 aromatic carbocycles. The molecule has 1 unspecified atom stereocenters. The average molecular weight is 356 g/mol. The number of rotatable bonds is 3. The smallest absolute Gasteiger partial charge is 0.261 e. The lowest BCUT2D eigenvalue weighted by molar-refractivity contribution is 0.0657. The lowest BCUT2D eigenvalue weighted by atomic mass is 9.87. The van der Waals surface area contributed by atoms with Crippen LogP contribution < -0.4 is 5.32 Å². The first-order valence-corrected chi connectivity index (χ1v) is 9.12. The van der Waals surface area contributed by atoms with Crippen LogP contribution in [-0.2, 0) is 4.74 Å². The summed E-state index contributed by atoms with van der Waals surface area (Å²) in [6.45, 7) is 4.39. The maximum Gasteiger partial charge on any atom is 0.261 e. The normalized spacial score (nSPS) is 25.5. The van der Waals surface area contributed by atoms with E-state index in [9.17, 15) is 9.59 Å². The maximum atomic E-state index is 12.4. The fraction of sp³-hybridized carbons (Fsp3) is 0.526. The number of carbonyl (C=O) groups is 2. The minimum atomic E-state index is -0.217. The van der Waals surface area contributed by atoms with Crippen LogP contribution in [0.15, 0.2) is 29.3 Å². The summed E-state index contributed by atoms with van der Waals surface area (Å²) < 4.78 is 5.58. The van der Waals surface area contributed by atoms with E-state index in [4.69, 9.17) is 4.74 Å². The molecule has 26 heavy (non-hydrogen) atoms. The molecule has 1 aromatic rings. The van der Waals surface area contributed by atoms with Gasteiger partial charge in [-0.15, -0.1) is 0 Å². The molecule has 3 aliphatic heterocycles. The largest absolute Gasteiger partial charge is 0.381 e. The van der Waals surface area contributed by atoms with E-state index in [1.54, 1.807) is 31.3 Å². The minimum Gasteiger partial charge on any atom is -0.381 e. The Labute approximate surface area is 153 Å². The molecule has 7 heteroatoms. The van der Waals surface area contributed by atoms with E-state index in [0.717, 1.165) is 45.1 Å². The van der Waals surface area contributed by atoms with Crippen LogP contribution in [0.25, 0.3) is 0 Å². The van der Waals surface area contributed by atoms with Crippen LogP contribution in [0.3, 0.4) is 0 Å². The minimum absolute atomic E-state index is 0.217. The fourth-order valence-electron chi connectivity index (χ4n) is 4.14. The van der Waals surface area contributed by atoms with Crippen LogP contribution in [0, 0.1) is 5.41 Å². The summed E-state index contributed by atoms with van der Waals surface area (Å²) >= 11 is 0. The molecule has 2 amide bonds. The molecule has 1 spiro atoms. The topological polar surface area (TPSA) is 74.2 Å². The molecule has 0 aromatic heterocycles. The summed E-state index contributed by atoms with van der Waals surface area (Å²) in [5, 5.41) is 3.30. The van der Waals surface area contributed by atoms with Gasteiger partial charge in [-0.25, -0.2) is 0 Å². The van der Waals surface area contributed by atoms with E-state index in [-0.39, 0.29) is 17.2 Å². The number of aliphatic imine (C=N–C) groups is 1. The first-order valence-electron chi connectivity index (χ1n) is 9.12. The van der Waals surface area contributed by atoms with Crippen LogP contribution in [-0.4, -0.2) is 74.0 Å². The van der Waals surface area contributed by atoms with Gasteiger partial charge < -0.3 is 15.0 Å². The number of carbonyl (C=O) groups excluding carboxylic acids is 2. The van der Waals surface area contributed by atoms with Crippen molar-refractivity contribution in [3.8, 4) is 0 Å². The van der Waals surface area contributed by atoms with E-state index in [1.165, 1.54) is 4.90 Å². The molecular formula is C19H24N4O3. The first kappa shape index (κ1) is 17.0. The van der Waals surface area contributed by atoms with Crippen molar-refractivity contribution in [3.63, 3.8) is 0 Å². The van der Waals surface area contributed by atoms with Gasteiger partial charge in [0.05, 0.1) is 17.7 Å². The van der Waals surface area contributed by atoms with E-state index >= 15 is 0 Å². The molecule has 0 saturated carbocycles. The second kappa shape index (κ2) is 6.72. The lowest BCUT2D eigenvalue weighted by Crippen LogP contribution is -2.45. The number of nitrogens with one attached hydrogen (secondary N) is 1. The van der Waals surface area contributed by atoms with Crippen molar-refractivity contribution in [2.45, 2.75) is 12.8 Å². The number of guanidine groups is 1. The van der Waals surface area contributed by atoms with Crippen LogP contribution in [0.1, 0.15) is 33.6 Å². The fourth-order valence-corrected chi connectivity index (χ4v) is 4.14. The number of imide groups is 1. The highest BCUT2D eigenvalue weighted by Crippen LogP contribution is 2.38. The summed E-state index contributed by atoms with van der Waals surface area (Å²) in [5.41, 5.74) is 1.24. The number of likely N-dealkylation sites (tertiary alicyclic amines) is 1. The van der Waals surface area contributed by atoms with Gasteiger partial charge in [0.1, 0.15) is 0 Å². The molecule has 138 valence electrons. The number of fused-ring (bicyclic) bond motifs is 1. The summed E-state index contributed by atoms with van der Waals surface area (Å²) in [4.78, 5) is 32.7. The number of hydrogen-bond donors (Lipinski definition) is 1. The van der Waals surface area contributed by atoms with Gasteiger partial charge in [-0.1, -0.05) is 12.1 Å². The van der Waals surface area contributed by atoms with Crippen molar-refractivity contribution >= 4 is 17.8 Å². The molecule has 3 heterocycles. The van der Waals surface area contributed by atoms with Crippen LogP contribution in [0.5, 0.6) is 0 Å². The molecule has 2 saturated heterocycles. The lowest BCUT2D eigenvalue weighted by Gasteiger charge is -2.25. The Kier molecular flexibility index (Phi) is 4.40. The highest BCUT2D eigenvalue weighted by molar-refractivity contribution is 6.21. The quantitative estimate of drug-likeness (QED) is 0.496. The third kappa shape index (κ3) is 2.86. The highest BCUT2D eigenvalue weighted by atomic mass is 16.5. The number of ether oxygens (including phenoxy) is 1. The summed E-state index contributed by atoms with van der Waals surface area (Å²) in [6, 6.07) is 6.97. The van der Waals surface area contributed by atoms with Gasteiger partial charge in [0.25, 0.3) is 11.8 Å². The number of hydrogen-bond acceptors (Lipinski definition) is 4. The Bertz CT molecular complexity index is 720. The van der Waals surface area contributed by atoms with Crippen molar-refractivity contribution in [3.05, 3.63) is 35.4 Å². The number of nitrogens with zero attached hydrogens (tertiary/aromatic N) is 3. The summed E-state index contributed by atoms with van der Waals surface area (Å²) in [7, 11) is 1.76. The van der Waals surface area contributed by atoms with E-state index in [1.807, 2.05) is 0 Å². The SMILES string of the molecule is CN=C(NCCN1C(=O)c2ccccc2C1=O)N1CCC2(CCOC2)C1. The molecule has 4 rings (SSSR count). The van der Waals surface area contributed by atoms with Gasteiger partial charge >= 0.3 is 0 Å². The molecule has 3 aliphatic rings. The van der Waals surface area contributed by atoms with Gasteiger partial charge in [-0.3, -0.25) is 19.5 Å². The molecule has 0 radical (unpaired) electrons. The Morgan fingerprint density at radius 1 is 1.23 bits per heavy atom. The predicted molar refractivity (Wildman–Crippen MR) is 97.2 cm³/mol. The van der Waals surface area contributed by atoms with Crippen molar-refractivity contribution in [2.24, 2.45) is 10.4 Å².